The Morgan fingerprint density at radius 2 is 1.96 bits per heavy atom. The van der Waals surface area contributed by atoms with Crippen LogP contribution in [0.15, 0.2) is 42.7 Å². The summed E-state index contributed by atoms with van der Waals surface area (Å²) in [6.45, 7) is 0.455. The second kappa shape index (κ2) is 7.27. The van der Waals surface area contributed by atoms with Crippen LogP contribution in [0.4, 0.5) is 14.7 Å². The zero-order valence-electron chi connectivity index (χ0n) is 14.9. The van der Waals surface area contributed by atoms with Crippen LogP contribution in [0.1, 0.15) is 30.5 Å². The molecule has 2 aromatic heterocycles. The van der Waals surface area contributed by atoms with Gasteiger partial charge in [-0.15, -0.1) is 10.2 Å². The van der Waals surface area contributed by atoms with E-state index in [1.807, 2.05) is 0 Å². The summed E-state index contributed by atoms with van der Waals surface area (Å²) >= 11 is 0. The first-order valence-corrected chi connectivity index (χ1v) is 8.86. The van der Waals surface area contributed by atoms with Crippen LogP contribution >= 0.6 is 0 Å². The number of rotatable bonds is 5. The van der Waals surface area contributed by atoms with Crippen LogP contribution in [0.25, 0.3) is 11.3 Å². The van der Waals surface area contributed by atoms with Gasteiger partial charge in [0, 0.05) is 23.7 Å². The van der Waals surface area contributed by atoms with Gasteiger partial charge in [-0.1, -0.05) is 6.42 Å². The van der Waals surface area contributed by atoms with E-state index in [1.54, 1.807) is 18.3 Å². The maximum atomic E-state index is 14.2. The fourth-order valence-electron chi connectivity index (χ4n) is 3.38. The van der Waals surface area contributed by atoms with Crippen LogP contribution in [-0.4, -0.2) is 26.7 Å². The van der Waals surface area contributed by atoms with Crippen molar-refractivity contribution in [1.29, 1.82) is 5.26 Å². The topological polar surface area (TPSA) is 87.4 Å². The van der Waals surface area contributed by atoms with Gasteiger partial charge in [0.25, 0.3) is 0 Å². The number of pyridine rings is 1. The summed E-state index contributed by atoms with van der Waals surface area (Å²) in [5.41, 5.74) is 1.01. The average molecular weight is 378 g/mol. The van der Waals surface area contributed by atoms with E-state index in [2.05, 4.69) is 25.5 Å². The van der Waals surface area contributed by atoms with Gasteiger partial charge in [-0.05, 0) is 43.2 Å². The molecule has 0 atom stereocenters. The first kappa shape index (κ1) is 17.9. The number of hydrogen-bond donors (Lipinski definition) is 1. The molecule has 8 heteroatoms. The molecule has 1 saturated carbocycles. The quantitative estimate of drug-likeness (QED) is 0.730. The summed E-state index contributed by atoms with van der Waals surface area (Å²) in [4.78, 5) is 8.47. The van der Waals surface area contributed by atoms with Gasteiger partial charge < -0.3 is 5.32 Å². The lowest BCUT2D eigenvalue weighted by Gasteiger charge is -2.41. The van der Waals surface area contributed by atoms with Crippen LogP contribution in [0.2, 0.25) is 0 Å². The number of anilines is 1. The zero-order valence-corrected chi connectivity index (χ0v) is 14.9. The Bertz CT molecular complexity index is 1040. The van der Waals surface area contributed by atoms with Crippen molar-refractivity contribution in [1.82, 2.24) is 20.2 Å². The van der Waals surface area contributed by atoms with Crippen molar-refractivity contribution in [3.63, 3.8) is 0 Å². The number of nitrogens with zero attached hydrogens (tertiary/aromatic N) is 5. The van der Waals surface area contributed by atoms with Gasteiger partial charge in [-0.25, -0.2) is 13.8 Å². The van der Waals surface area contributed by atoms with Gasteiger partial charge in [-0.2, -0.15) is 5.26 Å². The van der Waals surface area contributed by atoms with Gasteiger partial charge in [-0.3, -0.25) is 4.98 Å². The molecule has 1 N–H and O–H groups in total. The van der Waals surface area contributed by atoms with Crippen molar-refractivity contribution in [2.24, 2.45) is 0 Å². The van der Waals surface area contributed by atoms with Crippen LogP contribution in [0.5, 0.6) is 0 Å². The number of nitrogens with one attached hydrogen (secondary N) is 1. The summed E-state index contributed by atoms with van der Waals surface area (Å²) in [5, 5.41) is 20.2. The van der Waals surface area contributed by atoms with Crippen LogP contribution < -0.4 is 5.32 Å². The predicted octanol–water partition coefficient (Wildman–Crippen LogP) is 3.62. The molecule has 0 bridgehead atoms. The van der Waals surface area contributed by atoms with E-state index in [0.717, 1.165) is 19.3 Å². The Labute approximate surface area is 160 Å². The maximum Gasteiger partial charge on any atom is 0.242 e. The molecule has 140 valence electrons. The smallest absolute Gasteiger partial charge is 0.242 e. The molecule has 0 amide bonds. The summed E-state index contributed by atoms with van der Waals surface area (Å²) in [5.74, 6) is -0.574. The van der Waals surface area contributed by atoms with E-state index in [9.17, 15) is 8.78 Å². The van der Waals surface area contributed by atoms with Crippen molar-refractivity contribution in [2.75, 3.05) is 11.9 Å². The standard InChI is InChI=1S/C20H16F2N6/c21-15-5-4-13(9-14(15)10-23)17-11-25-19(28-27-17)26-12-20(6-2-7-20)18-16(22)3-1-8-24-18/h1,3-5,8-9,11H,2,6-7,12H2,(H,25,26,28). The first-order chi connectivity index (χ1) is 13.6. The van der Waals surface area contributed by atoms with E-state index in [4.69, 9.17) is 5.26 Å². The number of nitriles is 1. The highest BCUT2D eigenvalue weighted by atomic mass is 19.1. The maximum absolute atomic E-state index is 14.2. The van der Waals surface area contributed by atoms with Crippen LogP contribution in [0, 0.1) is 23.0 Å². The molecule has 0 radical (unpaired) electrons. The van der Waals surface area contributed by atoms with Crippen molar-refractivity contribution in [3.05, 3.63) is 65.6 Å². The number of aromatic nitrogens is 4. The molecule has 0 unspecified atom stereocenters. The molecular weight excluding hydrogens is 362 g/mol. The Morgan fingerprint density at radius 3 is 2.61 bits per heavy atom. The molecule has 2 heterocycles. The van der Waals surface area contributed by atoms with E-state index < -0.39 is 5.82 Å². The summed E-state index contributed by atoms with van der Waals surface area (Å²) < 4.78 is 27.6. The molecule has 0 saturated heterocycles. The molecule has 6 nitrogen and oxygen atoms in total. The molecule has 0 spiro atoms. The molecule has 0 aliphatic heterocycles. The molecule has 3 aromatic rings. The molecule has 1 aromatic carbocycles. The highest BCUT2D eigenvalue weighted by Crippen LogP contribution is 2.43. The fourth-order valence-corrected chi connectivity index (χ4v) is 3.38. The molecular formula is C20H16F2N6. The third-order valence-electron chi connectivity index (χ3n) is 5.10. The van der Waals surface area contributed by atoms with E-state index >= 15 is 0 Å². The lowest BCUT2D eigenvalue weighted by atomic mass is 9.66. The number of halogens is 2. The lowest BCUT2D eigenvalue weighted by molar-refractivity contribution is 0.243. The molecule has 4 rings (SSSR count). The van der Waals surface area contributed by atoms with Gasteiger partial charge in [0.2, 0.25) is 5.95 Å². The zero-order chi connectivity index (χ0) is 19.6. The Balaban J connectivity index is 1.49. The highest BCUT2D eigenvalue weighted by molar-refractivity contribution is 5.60. The summed E-state index contributed by atoms with van der Waals surface area (Å²) in [6.07, 6.45) is 5.79. The monoisotopic (exact) mass is 378 g/mol. The van der Waals surface area contributed by atoms with Gasteiger partial charge >= 0.3 is 0 Å². The van der Waals surface area contributed by atoms with Crippen molar-refractivity contribution < 1.29 is 8.78 Å². The van der Waals surface area contributed by atoms with Gasteiger partial charge in [0.1, 0.15) is 23.4 Å². The minimum atomic E-state index is -0.585. The normalized spacial score (nSPS) is 14.8. The Hall–Kier alpha value is -3.47. The molecule has 1 aliphatic rings. The Kier molecular flexibility index (Phi) is 4.65. The van der Waals surface area contributed by atoms with Crippen molar-refractivity contribution in [3.8, 4) is 17.3 Å². The third-order valence-corrected chi connectivity index (χ3v) is 5.10. The van der Waals surface area contributed by atoms with Gasteiger partial charge in [0.15, 0.2) is 0 Å². The van der Waals surface area contributed by atoms with E-state index in [-0.39, 0.29) is 16.8 Å². The summed E-state index contributed by atoms with van der Waals surface area (Å²) in [6, 6.07) is 8.93. The highest BCUT2D eigenvalue weighted by Gasteiger charge is 2.41. The van der Waals surface area contributed by atoms with Crippen molar-refractivity contribution >= 4 is 5.95 Å². The van der Waals surface area contributed by atoms with E-state index in [0.29, 0.717) is 29.4 Å². The van der Waals surface area contributed by atoms with Crippen molar-refractivity contribution in [2.45, 2.75) is 24.7 Å². The predicted molar refractivity (Wildman–Crippen MR) is 98.1 cm³/mol. The molecule has 1 fully saturated rings. The Morgan fingerprint density at radius 1 is 1.11 bits per heavy atom. The summed E-state index contributed by atoms with van der Waals surface area (Å²) in [7, 11) is 0. The number of hydrogen-bond acceptors (Lipinski definition) is 6. The molecule has 28 heavy (non-hydrogen) atoms. The minimum Gasteiger partial charge on any atom is -0.352 e. The lowest BCUT2D eigenvalue weighted by Crippen LogP contribution is -2.42. The number of benzene rings is 1. The third kappa shape index (κ3) is 3.27. The molecule has 1 aliphatic carbocycles. The van der Waals surface area contributed by atoms with Gasteiger partial charge in [0.05, 0.1) is 17.5 Å². The SMILES string of the molecule is N#Cc1cc(-c2cnc(NCC3(c4ncccc4F)CCC3)nn2)ccc1F. The second-order valence-electron chi connectivity index (χ2n) is 6.79. The minimum absolute atomic E-state index is 0.0641. The average Bonchev–Trinajstić information content (AvgIpc) is 2.69. The van der Waals surface area contributed by atoms with Crippen LogP contribution in [0.3, 0.4) is 0 Å². The fraction of sp³-hybridized carbons (Fsp3) is 0.250. The second-order valence-corrected chi connectivity index (χ2v) is 6.79. The van der Waals surface area contributed by atoms with E-state index in [1.165, 1.54) is 30.5 Å². The largest absolute Gasteiger partial charge is 0.352 e. The first-order valence-electron chi connectivity index (χ1n) is 8.86. The van der Waals surface area contributed by atoms with Crippen LogP contribution in [-0.2, 0) is 5.41 Å².